The van der Waals surface area contributed by atoms with Crippen molar-refractivity contribution in [1.82, 2.24) is 4.98 Å². The van der Waals surface area contributed by atoms with E-state index in [1.165, 1.54) is 22.4 Å². The molecule has 0 bridgehead atoms. The standard InChI is InChI=1S/C23H23NO3/c1-2-26-23(25)14-17-10-8-16(9-11-17)13-18-15-21(22-7-4-12-27-22)24-20-6-3-5-19(18)20/h4,7-12,15H,2-3,5-6,13-14H2,1H3. The number of benzene rings is 1. The Morgan fingerprint density at radius 3 is 2.70 bits per heavy atom. The molecule has 0 fully saturated rings. The van der Waals surface area contributed by atoms with Gasteiger partial charge in [0.25, 0.3) is 0 Å². The number of esters is 1. The Labute approximate surface area is 159 Å². The number of hydrogen-bond acceptors (Lipinski definition) is 4. The van der Waals surface area contributed by atoms with Crippen molar-refractivity contribution in [3.8, 4) is 11.5 Å². The molecule has 0 saturated heterocycles. The minimum absolute atomic E-state index is 0.180. The lowest BCUT2D eigenvalue weighted by molar-refractivity contribution is -0.142. The molecule has 0 radical (unpaired) electrons. The summed E-state index contributed by atoms with van der Waals surface area (Å²) in [4.78, 5) is 16.4. The minimum Gasteiger partial charge on any atom is -0.466 e. The molecule has 0 amide bonds. The molecule has 1 aliphatic carbocycles. The molecular formula is C23H23NO3. The molecule has 1 aliphatic rings. The van der Waals surface area contributed by atoms with Crippen LogP contribution in [0.4, 0.5) is 0 Å². The van der Waals surface area contributed by atoms with E-state index in [1.807, 2.05) is 31.2 Å². The quantitative estimate of drug-likeness (QED) is 0.606. The SMILES string of the molecule is CCOC(=O)Cc1ccc(Cc2cc(-c3ccco3)nc3c2CCC3)cc1. The van der Waals surface area contributed by atoms with Gasteiger partial charge < -0.3 is 9.15 Å². The van der Waals surface area contributed by atoms with Gasteiger partial charge in [-0.05, 0) is 73.1 Å². The predicted molar refractivity (Wildman–Crippen MR) is 104 cm³/mol. The van der Waals surface area contributed by atoms with Gasteiger partial charge in [-0.25, -0.2) is 4.98 Å². The lowest BCUT2D eigenvalue weighted by Gasteiger charge is -2.11. The molecule has 4 nitrogen and oxygen atoms in total. The number of pyridine rings is 1. The molecule has 0 unspecified atom stereocenters. The lowest BCUT2D eigenvalue weighted by atomic mass is 9.97. The van der Waals surface area contributed by atoms with Gasteiger partial charge in [-0.15, -0.1) is 0 Å². The first-order chi connectivity index (χ1) is 13.2. The number of fused-ring (bicyclic) bond motifs is 1. The van der Waals surface area contributed by atoms with E-state index in [2.05, 4.69) is 18.2 Å². The molecule has 0 N–H and O–H groups in total. The highest BCUT2D eigenvalue weighted by atomic mass is 16.5. The summed E-state index contributed by atoms with van der Waals surface area (Å²) in [6.07, 6.45) is 6.16. The second kappa shape index (κ2) is 7.78. The molecule has 2 heterocycles. The Morgan fingerprint density at radius 1 is 1.15 bits per heavy atom. The highest BCUT2D eigenvalue weighted by molar-refractivity contribution is 5.72. The van der Waals surface area contributed by atoms with Crippen LogP contribution in [0.1, 0.15) is 41.3 Å². The van der Waals surface area contributed by atoms with Crippen molar-refractivity contribution in [2.24, 2.45) is 0 Å². The molecule has 0 saturated carbocycles. The molecule has 0 atom stereocenters. The third kappa shape index (κ3) is 3.95. The number of rotatable bonds is 6. The van der Waals surface area contributed by atoms with Crippen LogP contribution in [0.15, 0.2) is 53.1 Å². The minimum atomic E-state index is -0.180. The van der Waals surface area contributed by atoms with E-state index in [0.29, 0.717) is 13.0 Å². The summed E-state index contributed by atoms with van der Waals surface area (Å²) < 4.78 is 10.6. The van der Waals surface area contributed by atoms with Crippen molar-refractivity contribution in [2.45, 2.75) is 39.0 Å². The Morgan fingerprint density at radius 2 is 1.96 bits per heavy atom. The van der Waals surface area contributed by atoms with Crippen molar-refractivity contribution >= 4 is 5.97 Å². The van der Waals surface area contributed by atoms with E-state index in [4.69, 9.17) is 14.1 Å². The second-order valence-electron chi connectivity index (χ2n) is 6.90. The van der Waals surface area contributed by atoms with E-state index in [1.54, 1.807) is 6.26 Å². The molecule has 2 aromatic heterocycles. The third-order valence-corrected chi connectivity index (χ3v) is 4.99. The highest BCUT2D eigenvalue weighted by Gasteiger charge is 2.19. The van der Waals surface area contributed by atoms with Crippen molar-refractivity contribution in [2.75, 3.05) is 6.61 Å². The summed E-state index contributed by atoms with van der Waals surface area (Å²) in [6, 6.07) is 14.2. The van der Waals surface area contributed by atoms with Crippen molar-refractivity contribution in [3.05, 3.63) is 76.7 Å². The topological polar surface area (TPSA) is 52.3 Å². The normalized spacial score (nSPS) is 12.8. The van der Waals surface area contributed by atoms with Crippen molar-refractivity contribution in [1.29, 1.82) is 0 Å². The van der Waals surface area contributed by atoms with Gasteiger partial charge >= 0.3 is 5.97 Å². The van der Waals surface area contributed by atoms with Crippen LogP contribution in [0.2, 0.25) is 0 Å². The zero-order valence-electron chi connectivity index (χ0n) is 15.5. The Balaban J connectivity index is 1.56. The van der Waals surface area contributed by atoms with Crippen LogP contribution in [0.5, 0.6) is 0 Å². The maximum absolute atomic E-state index is 11.6. The first kappa shape index (κ1) is 17.5. The highest BCUT2D eigenvalue weighted by Crippen LogP contribution is 2.30. The van der Waals surface area contributed by atoms with Gasteiger partial charge in [0.2, 0.25) is 0 Å². The van der Waals surface area contributed by atoms with E-state index >= 15 is 0 Å². The number of aromatic nitrogens is 1. The summed E-state index contributed by atoms with van der Waals surface area (Å²) >= 11 is 0. The summed E-state index contributed by atoms with van der Waals surface area (Å²) in [6.45, 7) is 2.24. The van der Waals surface area contributed by atoms with Gasteiger partial charge in [0.1, 0.15) is 5.69 Å². The molecule has 138 valence electrons. The first-order valence-electron chi connectivity index (χ1n) is 9.52. The molecule has 1 aromatic carbocycles. The van der Waals surface area contributed by atoms with Crippen molar-refractivity contribution in [3.63, 3.8) is 0 Å². The van der Waals surface area contributed by atoms with Gasteiger partial charge in [0, 0.05) is 5.69 Å². The molecule has 27 heavy (non-hydrogen) atoms. The average molecular weight is 361 g/mol. The maximum atomic E-state index is 11.6. The van der Waals surface area contributed by atoms with Gasteiger partial charge in [-0.2, -0.15) is 0 Å². The van der Waals surface area contributed by atoms with Crippen LogP contribution in [-0.2, 0) is 35.2 Å². The Hall–Kier alpha value is -2.88. The number of carbonyl (C=O) groups excluding carboxylic acids is 1. The van der Waals surface area contributed by atoms with E-state index < -0.39 is 0 Å². The molecular weight excluding hydrogens is 338 g/mol. The number of aryl methyl sites for hydroxylation is 1. The number of nitrogens with zero attached hydrogens (tertiary/aromatic N) is 1. The van der Waals surface area contributed by atoms with Gasteiger partial charge in [0.15, 0.2) is 5.76 Å². The second-order valence-corrected chi connectivity index (χ2v) is 6.90. The Kier molecular flexibility index (Phi) is 5.05. The van der Waals surface area contributed by atoms with Crippen LogP contribution in [0.25, 0.3) is 11.5 Å². The number of hydrogen-bond donors (Lipinski definition) is 0. The molecule has 3 aromatic rings. The fourth-order valence-electron chi connectivity index (χ4n) is 3.71. The summed E-state index contributed by atoms with van der Waals surface area (Å²) in [7, 11) is 0. The van der Waals surface area contributed by atoms with Gasteiger partial charge in [-0.3, -0.25) is 4.79 Å². The molecule has 4 heteroatoms. The van der Waals surface area contributed by atoms with Crippen LogP contribution < -0.4 is 0 Å². The number of carbonyl (C=O) groups is 1. The van der Waals surface area contributed by atoms with E-state index in [9.17, 15) is 4.79 Å². The summed E-state index contributed by atoms with van der Waals surface area (Å²) in [5.74, 6) is 0.635. The average Bonchev–Trinajstić information content (AvgIpc) is 3.35. The zero-order valence-corrected chi connectivity index (χ0v) is 15.5. The number of furan rings is 1. The van der Waals surface area contributed by atoms with Crippen LogP contribution in [0, 0.1) is 0 Å². The summed E-state index contributed by atoms with van der Waals surface area (Å²) in [5.41, 5.74) is 7.04. The van der Waals surface area contributed by atoms with Gasteiger partial charge in [0.05, 0.1) is 19.3 Å². The Bertz CT molecular complexity index is 927. The maximum Gasteiger partial charge on any atom is 0.310 e. The largest absolute Gasteiger partial charge is 0.466 e. The molecule has 4 rings (SSSR count). The lowest BCUT2D eigenvalue weighted by Crippen LogP contribution is -2.07. The third-order valence-electron chi connectivity index (χ3n) is 4.99. The number of ether oxygens (including phenoxy) is 1. The zero-order chi connectivity index (χ0) is 18.6. The first-order valence-corrected chi connectivity index (χ1v) is 9.52. The van der Waals surface area contributed by atoms with Crippen LogP contribution in [0.3, 0.4) is 0 Å². The van der Waals surface area contributed by atoms with Crippen LogP contribution >= 0.6 is 0 Å². The smallest absolute Gasteiger partial charge is 0.310 e. The van der Waals surface area contributed by atoms with Gasteiger partial charge in [-0.1, -0.05) is 24.3 Å². The predicted octanol–water partition coefficient (Wildman–Crippen LogP) is 4.53. The fourth-order valence-corrected chi connectivity index (χ4v) is 3.71. The van der Waals surface area contributed by atoms with Crippen molar-refractivity contribution < 1.29 is 13.9 Å². The summed E-state index contributed by atoms with van der Waals surface area (Å²) in [5, 5.41) is 0. The molecule has 0 spiro atoms. The van der Waals surface area contributed by atoms with Crippen LogP contribution in [-0.4, -0.2) is 17.6 Å². The fraction of sp³-hybridized carbons (Fsp3) is 0.304. The molecule has 0 aliphatic heterocycles. The van der Waals surface area contributed by atoms with E-state index in [-0.39, 0.29) is 5.97 Å². The monoisotopic (exact) mass is 361 g/mol. The van der Waals surface area contributed by atoms with E-state index in [0.717, 1.165) is 42.7 Å².